The van der Waals surface area contributed by atoms with Crippen LogP contribution in [0.15, 0.2) is 260 Å². The van der Waals surface area contributed by atoms with Crippen LogP contribution in [0.4, 0.5) is 17.6 Å². The average Bonchev–Trinajstić information content (AvgIpc) is 1.55. The predicted molar refractivity (Wildman–Crippen MR) is 499 cm³/mol. The summed E-state index contributed by atoms with van der Waals surface area (Å²) in [7, 11) is 8.49. The quantitative estimate of drug-likeness (QED) is 0.101. The van der Waals surface area contributed by atoms with Crippen LogP contribution in [0.5, 0.6) is 0 Å². The molecule has 0 radical (unpaired) electrons. The van der Waals surface area contributed by atoms with Crippen LogP contribution in [0.25, 0.3) is 176 Å². The van der Waals surface area contributed by atoms with E-state index >= 15 is 0 Å². The molecule has 8 aromatic heterocycles. The van der Waals surface area contributed by atoms with Crippen molar-refractivity contribution in [3.63, 3.8) is 0 Å². The number of hydrogen-bond donors (Lipinski definition) is 0. The highest BCUT2D eigenvalue weighted by molar-refractivity contribution is 6.13. The van der Waals surface area contributed by atoms with Gasteiger partial charge in [-0.15, -0.1) is 0 Å². The first-order chi connectivity index (χ1) is 59.9. The number of pyridine rings is 4. The first-order valence-corrected chi connectivity index (χ1v) is 44.0. The molecule has 0 amide bonds. The zero-order valence-electron chi connectivity index (χ0n) is 73.0. The fourth-order valence-electron chi connectivity index (χ4n) is 20.5. The second kappa shape index (κ2) is 32.5. The van der Waals surface area contributed by atoms with E-state index in [0.29, 0.717) is 34.2 Å². The van der Waals surface area contributed by atoms with Crippen molar-refractivity contribution in [2.75, 3.05) is 0 Å². The van der Waals surface area contributed by atoms with Gasteiger partial charge < -0.3 is 17.7 Å². The summed E-state index contributed by atoms with van der Waals surface area (Å²) in [5, 5.41) is 13.1. The van der Waals surface area contributed by atoms with Gasteiger partial charge >= 0.3 is 0 Å². The van der Waals surface area contributed by atoms with E-state index in [4.69, 9.17) is 17.7 Å². The Balaban J connectivity index is 0.000000108. The predicted octanol–water partition coefficient (Wildman–Crippen LogP) is 28.9. The van der Waals surface area contributed by atoms with Gasteiger partial charge in [-0.05, 0) is 200 Å². The Morgan fingerprint density at radius 2 is 0.613 bits per heavy atom. The third-order valence-corrected chi connectivity index (χ3v) is 26.5. The number of aryl methyl sites for hydroxylation is 8. The Morgan fingerprint density at radius 1 is 0.323 bits per heavy atom. The van der Waals surface area contributed by atoms with E-state index in [-0.39, 0.29) is 28.7 Å². The van der Waals surface area contributed by atoms with E-state index in [1.807, 2.05) is 12.1 Å². The zero-order chi connectivity index (χ0) is 85.8. The average molecular weight is 1650 g/mol. The first kappa shape index (κ1) is 80.9. The maximum absolute atomic E-state index is 13.9. The Labute approximate surface area is 720 Å². The van der Waals surface area contributed by atoms with Gasteiger partial charge in [-0.3, -0.25) is 0 Å². The molecule has 0 bridgehead atoms. The van der Waals surface area contributed by atoms with Crippen LogP contribution < -0.4 is 18.3 Å². The summed E-state index contributed by atoms with van der Waals surface area (Å²) in [6.45, 7) is 19.8. The van der Waals surface area contributed by atoms with Crippen LogP contribution >= 0.6 is 0 Å². The lowest BCUT2D eigenvalue weighted by atomic mass is 9.86. The molecular weight excluding hydrogens is 1540 g/mol. The van der Waals surface area contributed by atoms with Gasteiger partial charge in [-0.2, -0.15) is 18.3 Å². The molecule has 0 unspecified atom stereocenters. The summed E-state index contributed by atoms with van der Waals surface area (Å²) in [4.78, 5) is 0. The highest BCUT2D eigenvalue weighted by Gasteiger charge is 2.33. The standard InChI is InChI=1S/C29H27FNO.C28H25FNO.C28H27FNO.C27H25FNO/c1-18-11-13-24-23-14-12-21(30)17-27(23)32-29(24)28(18)26-16-20(15-19-7-3-4-8-19)22-9-5-6-10-25(22)31(26)2;1-17-11-13-22-21-14-12-19(29)15-26(21)31-28(22)27(17)25-16-23(18-7-3-4-8-18)20-9-5-6-10-24(20)30(25)2;1-17-10-12-22-21-13-11-19(29)15-25(21)31-27(22)26(17)24-14-18(16-28(2,3)4)20-8-6-7-9-23(20)30(24)5;1-16(2)13-18-14-24(29(4)23-8-6-5-7-20(18)23)26-17(3)9-11-22-21-12-10-19(28)15-25(21)30-27(22)26/h5-6,9-14,16-17,19H,3-4,7-8,15H2,1-2H3;5-6,9-16,18H,3-4,7-8H2,1-2H3;6-15H,16H2,1-5H3;5-12,14-16H,13H2,1-4H3/q4*+1. The molecule has 0 N–H and O–H groups in total. The van der Waals surface area contributed by atoms with Gasteiger partial charge in [0.1, 0.15) is 96.1 Å². The van der Waals surface area contributed by atoms with Crippen LogP contribution in [0.1, 0.15) is 136 Å². The lowest BCUT2D eigenvalue weighted by molar-refractivity contribution is -0.633. The maximum atomic E-state index is 13.9. The second-order valence-corrected chi connectivity index (χ2v) is 36.6. The highest BCUT2D eigenvalue weighted by atomic mass is 19.1. The second-order valence-electron chi connectivity index (χ2n) is 36.6. The Morgan fingerprint density at radius 3 is 0.968 bits per heavy atom. The van der Waals surface area contributed by atoms with Gasteiger partial charge in [-0.1, -0.05) is 170 Å². The summed E-state index contributed by atoms with van der Waals surface area (Å²) in [5.41, 5.74) is 29.7. The molecule has 124 heavy (non-hydrogen) atoms. The third-order valence-electron chi connectivity index (χ3n) is 26.5. The van der Waals surface area contributed by atoms with Gasteiger partial charge in [0.05, 0.1) is 22.3 Å². The van der Waals surface area contributed by atoms with E-state index in [1.54, 1.807) is 12.1 Å². The number of halogens is 4. The van der Waals surface area contributed by atoms with Crippen LogP contribution in [-0.4, -0.2) is 0 Å². The molecule has 12 aromatic carbocycles. The minimum absolute atomic E-state index is 0.165. The number of fused-ring (bicyclic) bond motifs is 16. The SMILES string of the molecule is Cc1ccc2c(oc3cc(F)ccc32)c1-c1cc(C2CCCC2)c2ccccc2[n+]1C.Cc1ccc2c(oc3cc(F)ccc32)c1-c1cc(CC(C)(C)C)c2ccccc2[n+]1C.Cc1ccc2c(oc3cc(F)ccc32)c1-c1cc(CC(C)C)c2ccccc2[n+]1C.Cc1ccc2c(oc3cc(F)ccc32)c1-c1cc(CC2CCCC2)c2ccccc2[n+]1C. The number of furan rings is 4. The lowest BCUT2D eigenvalue weighted by Gasteiger charge is -2.20. The van der Waals surface area contributed by atoms with E-state index in [1.165, 1.54) is 166 Å². The van der Waals surface area contributed by atoms with Crippen molar-refractivity contribution < 1.29 is 53.5 Å². The highest BCUT2D eigenvalue weighted by Crippen LogP contribution is 2.46. The third kappa shape index (κ3) is 14.8. The molecule has 2 aliphatic rings. The molecule has 0 atom stereocenters. The smallest absolute Gasteiger partial charge is 0.217 e. The molecule has 0 spiro atoms. The molecule has 12 heteroatoms. The van der Waals surface area contributed by atoms with Crippen LogP contribution in [-0.2, 0) is 47.5 Å². The van der Waals surface area contributed by atoms with E-state index < -0.39 is 0 Å². The van der Waals surface area contributed by atoms with Gasteiger partial charge in [0.2, 0.25) is 44.8 Å². The summed E-state index contributed by atoms with van der Waals surface area (Å²) in [6, 6.07) is 80.0. The Kier molecular flexibility index (Phi) is 21.2. The van der Waals surface area contributed by atoms with Crippen LogP contribution in [0.2, 0.25) is 0 Å². The number of rotatable bonds is 10. The topological polar surface area (TPSA) is 68.1 Å². The van der Waals surface area contributed by atoms with Gasteiger partial charge in [0, 0.05) is 137 Å². The molecular formula is C112H104F4N4O4+4. The van der Waals surface area contributed by atoms with Crippen molar-refractivity contribution in [2.45, 2.75) is 139 Å². The van der Waals surface area contributed by atoms with E-state index in [9.17, 15) is 17.6 Å². The number of nitrogens with zero attached hydrogens (tertiary/aromatic N) is 4. The zero-order valence-corrected chi connectivity index (χ0v) is 73.0. The van der Waals surface area contributed by atoms with Crippen molar-refractivity contribution in [1.29, 1.82) is 0 Å². The molecule has 20 aromatic rings. The molecule has 2 fully saturated rings. The van der Waals surface area contributed by atoms with E-state index in [0.717, 1.165) is 158 Å². The molecule has 0 aliphatic heterocycles. The van der Waals surface area contributed by atoms with Crippen LogP contribution in [0.3, 0.4) is 0 Å². The summed E-state index contributed by atoms with van der Waals surface area (Å²) in [6.07, 6.45) is 13.6. The number of hydrogen-bond acceptors (Lipinski definition) is 4. The minimum Gasteiger partial charge on any atom is -0.455 e. The normalized spacial score (nSPS) is 13.5. The van der Waals surface area contributed by atoms with Crippen molar-refractivity contribution in [2.24, 2.45) is 45.4 Å². The van der Waals surface area contributed by atoms with Crippen molar-refractivity contribution >= 4 is 131 Å². The van der Waals surface area contributed by atoms with Gasteiger partial charge in [-0.25, -0.2) is 17.6 Å². The van der Waals surface area contributed by atoms with E-state index in [2.05, 4.69) is 279 Å². The summed E-state index contributed by atoms with van der Waals surface area (Å²) < 4.78 is 89.5. The lowest BCUT2D eigenvalue weighted by Crippen LogP contribution is -2.33. The monoisotopic (exact) mass is 1640 g/mol. The van der Waals surface area contributed by atoms with Crippen molar-refractivity contribution in [3.05, 3.63) is 310 Å². The molecule has 8 heterocycles. The first-order valence-electron chi connectivity index (χ1n) is 44.0. The van der Waals surface area contributed by atoms with Crippen molar-refractivity contribution in [1.82, 2.24) is 0 Å². The van der Waals surface area contributed by atoms with Crippen molar-refractivity contribution in [3.8, 4) is 45.0 Å². The Bertz CT molecular complexity index is 7670. The molecule has 2 saturated carbocycles. The molecule has 8 nitrogen and oxygen atoms in total. The Hall–Kier alpha value is -12.8. The number of aromatic nitrogens is 4. The number of para-hydroxylation sites is 4. The molecule has 0 saturated heterocycles. The molecule has 620 valence electrons. The summed E-state index contributed by atoms with van der Waals surface area (Å²) in [5.74, 6) is 0.817. The fraction of sp³-hybridized carbons (Fsp3) is 0.250. The molecule has 2 aliphatic carbocycles. The van der Waals surface area contributed by atoms with Gasteiger partial charge in [0.25, 0.3) is 0 Å². The largest absolute Gasteiger partial charge is 0.455 e. The minimum atomic E-state index is -0.284. The fourth-order valence-corrected chi connectivity index (χ4v) is 20.5. The summed E-state index contributed by atoms with van der Waals surface area (Å²) >= 11 is 0. The molecule has 22 rings (SSSR count). The van der Waals surface area contributed by atoms with Crippen LogP contribution in [0, 0.1) is 68.2 Å². The maximum Gasteiger partial charge on any atom is 0.217 e. The van der Waals surface area contributed by atoms with Gasteiger partial charge in [0.15, 0.2) is 0 Å². The number of benzene rings is 12.